The monoisotopic (exact) mass is 399 g/mol. The Morgan fingerprint density at radius 3 is 2.55 bits per heavy atom. The highest BCUT2D eigenvalue weighted by atomic mass is 16.5. The summed E-state index contributed by atoms with van der Waals surface area (Å²) in [5, 5.41) is 0. The van der Waals surface area contributed by atoms with E-state index in [0.717, 1.165) is 31.4 Å². The quantitative estimate of drug-likeness (QED) is 0.621. The fraction of sp³-hybridized carbons (Fsp3) is 0.680. The summed E-state index contributed by atoms with van der Waals surface area (Å²) in [5.74, 6) is 0.282. The van der Waals surface area contributed by atoms with Gasteiger partial charge in [0.1, 0.15) is 0 Å². The molecular weight excluding hydrogens is 362 g/mol. The Hall–Kier alpha value is -1.84. The van der Waals surface area contributed by atoms with Crippen LogP contribution in [0.25, 0.3) is 0 Å². The predicted octanol–water partition coefficient (Wildman–Crippen LogP) is 5.58. The van der Waals surface area contributed by atoms with Crippen LogP contribution in [-0.4, -0.2) is 25.0 Å². The number of hydrogen-bond acceptors (Lipinski definition) is 3. The Kier molecular flexibility index (Phi) is 5.86. The highest BCUT2D eigenvalue weighted by molar-refractivity contribution is 5.96. The van der Waals surface area contributed by atoms with Crippen LogP contribution in [0.15, 0.2) is 18.2 Å². The van der Waals surface area contributed by atoms with Crippen LogP contribution >= 0.6 is 0 Å². The molecule has 1 heterocycles. The van der Waals surface area contributed by atoms with Gasteiger partial charge in [-0.05, 0) is 67.6 Å². The maximum atomic E-state index is 13.3. The first-order chi connectivity index (χ1) is 13.5. The largest absolute Gasteiger partial charge is 0.462 e. The van der Waals surface area contributed by atoms with E-state index in [1.807, 2.05) is 32.7 Å². The molecule has 1 amide bonds. The zero-order valence-corrected chi connectivity index (χ0v) is 19.2. The van der Waals surface area contributed by atoms with Crippen molar-refractivity contribution in [1.82, 2.24) is 0 Å². The zero-order chi connectivity index (χ0) is 21.6. The molecular formula is C25H37NO3. The van der Waals surface area contributed by atoms with Crippen LogP contribution in [0.3, 0.4) is 0 Å². The number of amides is 1. The molecule has 1 aromatic rings. The van der Waals surface area contributed by atoms with E-state index in [2.05, 4.69) is 39.0 Å². The lowest BCUT2D eigenvalue weighted by Crippen LogP contribution is -2.51. The summed E-state index contributed by atoms with van der Waals surface area (Å²) in [7, 11) is 1.88. The summed E-state index contributed by atoms with van der Waals surface area (Å²) in [4.78, 5) is 28.3. The number of anilines is 1. The van der Waals surface area contributed by atoms with Crippen molar-refractivity contribution in [2.75, 3.05) is 11.9 Å². The van der Waals surface area contributed by atoms with E-state index in [4.69, 9.17) is 4.74 Å². The molecule has 0 N–H and O–H groups in total. The summed E-state index contributed by atoms with van der Waals surface area (Å²) in [6, 6.07) is 6.58. The second kappa shape index (κ2) is 7.77. The van der Waals surface area contributed by atoms with E-state index in [-0.39, 0.29) is 29.3 Å². The molecule has 1 aliphatic carbocycles. The lowest BCUT2D eigenvalue weighted by molar-refractivity contribution is -0.169. The molecule has 0 aromatic heterocycles. The van der Waals surface area contributed by atoms with Gasteiger partial charge in [-0.15, -0.1) is 0 Å². The maximum Gasteiger partial charge on any atom is 0.312 e. The van der Waals surface area contributed by atoms with Crippen LogP contribution in [-0.2, 0) is 19.7 Å². The van der Waals surface area contributed by atoms with E-state index in [1.165, 1.54) is 11.1 Å². The molecule has 1 saturated carbocycles. The molecule has 2 aliphatic rings. The van der Waals surface area contributed by atoms with Gasteiger partial charge in [-0.2, -0.15) is 0 Å². The smallest absolute Gasteiger partial charge is 0.312 e. The third-order valence-electron chi connectivity index (χ3n) is 7.70. The Bertz CT molecular complexity index is 801. The van der Waals surface area contributed by atoms with Gasteiger partial charge in [0.25, 0.3) is 0 Å². The average molecular weight is 400 g/mol. The van der Waals surface area contributed by atoms with E-state index in [1.54, 1.807) is 0 Å². The zero-order valence-electron chi connectivity index (χ0n) is 19.2. The lowest BCUT2D eigenvalue weighted by atomic mass is 9.52. The molecule has 4 nitrogen and oxygen atoms in total. The number of fused-ring (bicyclic) bond motifs is 3. The number of nitrogens with zero attached hydrogens (tertiary/aromatic N) is 1. The van der Waals surface area contributed by atoms with Crippen LogP contribution in [0.2, 0.25) is 0 Å². The highest BCUT2D eigenvalue weighted by Gasteiger charge is 2.57. The van der Waals surface area contributed by atoms with Crippen molar-refractivity contribution >= 4 is 17.6 Å². The van der Waals surface area contributed by atoms with Crippen molar-refractivity contribution in [2.45, 2.75) is 91.1 Å². The number of carbonyl (C=O) groups excluding carboxylic acids is 2. The minimum absolute atomic E-state index is 0.0681. The molecule has 0 spiro atoms. The van der Waals surface area contributed by atoms with Gasteiger partial charge >= 0.3 is 5.97 Å². The minimum atomic E-state index is -0.648. The molecule has 0 bridgehead atoms. The van der Waals surface area contributed by atoms with E-state index in [9.17, 15) is 9.59 Å². The average Bonchev–Trinajstić information content (AvgIpc) is 2.76. The second-order valence-electron chi connectivity index (χ2n) is 9.95. The highest BCUT2D eigenvalue weighted by Crippen LogP contribution is 2.57. The first-order valence-corrected chi connectivity index (χ1v) is 11.2. The van der Waals surface area contributed by atoms with Crippen molar-refractivity contribution in [1.29, 1.82) is 0 Å². The molecule has 4 unspecified atom stereocenters. The Balaban J connectivity index is 2.12. The van der Waals surface area contributed by atoms with Gasteiger partial charge in [-0.3, -0.25) is 9.59 Å². The van der Waals surface area contributed by atoms with Gasteiger partial charge in [0.15, 0.2) is 0 Å². The van der Waals surface area contributed by atoms with Crippen LogP contribution in [0.1, 0.15) is 90.7 Å². The molecule has 29 heavy (non-hydrogen) atoms. The number of esters is 1. The van der Waals surface area contributed by atoms with Crippen LogP contribution in [0.4, 0.5) is 5.69 Å². The van der Waals surface area contributed by atoms with Gasteiger partial charge in [0.2, 0.25) is 5.91 Å². The third kappa shape index (κ3) is 3.60. The van der Waals surface area contributed by atoms with Gasteiger partial charge in [0.05, 0.1) is 11.5 Å². The summed E-state index contributed by atoms with van der Waals surface area (Å²) in [6.07, 6.45) is 3.80. The number of rotatable bonds is 4. The normalized spacial score (nSPS) is 30.4. The molecule has 4 heteroatoms. The SMILES string of the molecule is CCC(C)OC(=O)C1(C)CCCC2(C)c3ccc(C(C)C)cc3N(C)C(=O)CC12. The Labute approximate surface area is 176 Å². The van der Waals surface area contributed by atoms with Crippen molar-refractivity contribution in [2.24, 2.45) is 11.3 Å². The standard InChI is InChI=1S/C25H37NO3/c1-8-17(4)29-23(28)25(6)13-9-12-24(5)19-11-10-18(16(2)3)14-20(19)26(7)22(27)15-21(24)25/h10-11,14,16-17,21H,8-9,12-13,15H2,1-7H3. The number of ether oxygens (including phenoxy) is 1. The Morgan fingerprint density at radius 2 is 1.93 bits per heavy atom. The van der Waals surface area contributed by atoms with Crippen molar-refractivity contribution < 1.29 is 14.3 Å². The number of carbonyl (C=O) groups is 2. The Morgan fingerprint density at radius 1 is 1.24 bits per heavy atom. The molecule has 0 radical (unpaired) electrons. The van der Waals surface area contributed by atoms with Crippen LogP contribution in [0.5, 0.6) is 0 Å². The lowest BCUT2D eigenvalue weighted by Gasteiger charge is -2.50. The van der Waals surface area contributed by atoms with E-state index < -0.39 is 5.41 Å². The summed E-state index contributed by atoms with van der Waals surface area (Å²) < 4.78 is 5.81. The minimum Gasteiger partial charge on any atom is -0.462 e. The molecule has 3 rings (SSSR count). The van der Waals surface area contributed by atoms with Crippen molar-refractivity contribution in [3.63, 3.8) is 0 Å². The summed E-state index contributed by atoms with van der Waals surface area (Å²) in [6.45, 7) is 12.6. The van der Waals surface area contributed by atoms with Gasteiger partial charge in [-0.1, -0.05) is 46.2 Å². The summed E-state index contributed by atoms with van der Waals surface area (Å²) in [5.41, 5.74) is 2.56. The molecule has 1 fully saturated rings. The second-order valence-corrected chi connectivity index (χ2v) is 9.95. The van der Waals surface area contributed by atoms with Gasteiger partial charge in [-0.25, -0.2) is 0 Å². The fourth-order valence-electron chi connectivity index (χ4n) is 5.41. The molecule has 160 valence electrons. The first kappa shape index (κ1) is 21.9. The predicted molar refractivity (Wildman–Crippen MR) is 117 cm³/mol. The molecule has 4 atom stereocenters. The van der Waals surface area contributed by atoms with Crippen LogP contribution in [0, 0.1) is 11.3 Å². The van der Waals surface area contributed by atoms with Crippen molar-refractivity contribution in [3.05, 3.63) is 29.3 Å². The maximum absolute atomic E-state index is 13.3. The van der Waals surface area contributed by atoms with Gasteiger partial charge < -0.3 is 9.64 Å². The topological polar surface area (TPSA) is 46.6 Å². The molecule has 1 aliphatic heterocycles. The fourth-order valence-corrected chi connectivity index (χ4v) is 5.41. The van der Waals surface area contributed by atoms with Gasteiger partial charge in [0, 0.05) is 19.2 Å². The summed E-state index contributed by atoms with van der Waals surface area (Å²) >= 11 is 0. The number of hydrogen-bond donors (Lipinski definition) is 0. The molecule has 1 aromatic carbocycles. The third-order valence-corrected chi connectivity index (χ3v) is 7.70. The first-order valence-electron chi connectivity index (χ1n) is 11.2. The van der Waals surface area contributed by atoms with E-state index in [0.29, 0.717) is 12.3 Å². The number of benzene rings is 1. The van der Waals surface area contributed by atoms with Crippen molar-refractivity contribution in [3.8, 4) is 0 Å². The molecule has 0 saturated heterocycles. The van der Waals surface area contributed by atoms with Crippen LogP contribution < -0.4 is 4.90 Å². The van der Waals surface area contributed by atoms with E-state index >= 15 is 0 Å².